The standard InChI is InChI=1S/C25H38N4O2.HI/c1-2-26-25(27-19-21-8-10-22(11-9-21)28-14-4-5-15-28)29-16-12-23(13-17-29)31-20-24-7-3-6-18-30-24;/h4-5,8-11,23-24H,2-3,6-7,12-20H2,1H3,(H,26,27);1H. The molecule has 1 atom stereocenters. The first-order chi connectivity index (χ1) is 15.3. The fraction of sp³-hybridized carbons (Fsp3) is 0.640. The van der Waals surface area contributed by atoms with Crippen molar-refractivity contribution in [3.8, 4) is 0 Å². The van der Waals surface area contributed by atoms with E-state index in [1.807, 2.05) is 0 Å². The summed E-state index contributed by atoms with van der Waals surface area (Å²) in [7, 11) is 0. The largest absolute Gasteiger partial charge is 0.376 e. The monoisotopic (exact) mass is 554 g/mol. The summed E-state index contributed by atoms with van der Waals surface area (Å²) in [5, 5.41) is 3.48. The topological polar surface area (TPSA) is 49.3 Å². The zero-order chi connectivity index (χ0) is 21.3. The molecule has 0 bridgehead atoms. The van der Waals surface area contributed by atoms with Crippen molar-refractivity contribution in [2.24, 2.45) is 4.99 Å². The van der Waals surface area contributed by atoms with Gasteiger partial charge in [-0.1, -0.05) is 24.3 Å². The summed E-state index contributed by atoms with van der Waals surface area (Å²) in [5.41, 5.74) is 2.53. The number of benzene rings is 1. The van der Waals surface area contributed by atoms with E-state index in [0.717, 1.165) is 71.2 Å². The smallest absolute Gasteiger partial charge is 0.194 e. The molecule has 1 unspecified atom stereocenters. The number of nitrogens with one attached hydrogen (secondary N) is 1. The average molecular weight is 555 g/mol. The maximum Gasteiger partial charge on any atom is 0.194 e. The van der Waals surface area contributed by atoms with E-state index in [9.17, 15) is 0 Å². The fourth-order valence-electron chi connectivity index (χ4n) is 4.51. The van der Waals surface area contributed by atoms with Crippen molar-refractivity contribution in [1.82, 2.24) is 10.2 Å². The number of likely N-dealkylation sites (tertiary alicyclic amines) is 1. The van der Waals surface area contributed by atoms with Crippen molar-refractivity contribution in [3.05, 3.63) is 42.0 Å². The normalized spacial score (nSPS) is 22.2. The lowest BCUT2D eigenvalue weighted by molar-refractivity contribution is -0.0721. The van der Waals surface area contributed by atoms with Crippen molar-refractivity contribution in [2.45, 2.75) is 57.8 Å². The molecule has 3 heterocycles. The summed E-state index contributed by atoms with van der Waals surface area (Å²) in [5.74, 6) is 1.02. The first-order valence-electron chi connectivity index (χ1n) is 12.1. The summed E-state index contributed by atoms with van der Waals surface area (Å²) < 4.78 is 12.0. The second-order valence-corrected chi connectivity index (χ2v) is 8.72. The van der Waals surface area contributed by atoms with Crippen LogP contribution in [-0.4, -0.2) is 69.0 Å². The maximum absolute atomic E-state index is 6.17. The highest BCUT2D eigenvalue weighted by atomic mass is 127. The van der Waals surface area contributed by atoms with Crippen LogP contribution in [0.4, 0.5) is 5.69 Å². The van der Waals surface area contributed by atoms with Crippen LogP contribution < -0.4 is 10.2 Å². The minimum atomic E-state index is 0. The van der Waals surface area contributed by atoms with Gasteiger partial charge in [-0.3, -0.25) is 0 Å². The number of rotatable bonds is 7. The van der Waals surface area contributed by atoms with E-state index in [4.69, 9.17) is 14.5 Å². The zero-order valence-electron chi connectivity index (χ0n) is 19.4. The second kappa shape index (κ2) is 13.4. The Kier molecular flexibility index (Phi) is 10.6. The van der Waals surface area contributed by atoms with Crippen molar-refractivity contribution in [2.75, 3.05) is 50.8 Å². The summed E-state index contributed by atoms with van der Waals surface area (Å²) in [6, 6.07) is 8.83. The molecule has 3 aliphatic rings. The zero-order valence-corrected chi connectivity index (χ0v) is 21.7. The first kappa shape index (κ1) is 25.3. The molecule has 7 heteroatoms. The van der Waals surface area contributed by atoms with Crippen LogP contribution in [0.2, 0.25) is 0 Å². The van der Waals surface area contributed by atoms with Crippen LogP contribution >= 0.6 is 24.0 Å². The molecule has 1 aromatic carbocycles. The Bertz CT molecular complexity index is 718. The van der Waals surface area contributed by atoms with Crippen LogP contribution in [0, 0.1) is 0 Å². The molecular weight excluding hydrogens is 515 g/mol. The lowest BCUT2D eigenvalue weighted by Crippen LogP contribution is -2.47. The Morgan fingerprint density at radius 1 is 1.09 bits per heavy atom. The van der Waals surface area contributed by atoms with Crippen molar-refractivity contribution in [1.29, 1.82) is 0 Å². The molecule has 2 saturated heterocycles. The van der Waals surface area contributed by atoms with Crippen molar-refractivity contribution < 1.29 is 9.47 Å². The average Bonchev–Trinajstić information content (AvgIpc) is 3.37. The number of ether oxygens (including phenoxy) is 2. The van der Waals surface area contributed by atoms with Gasteiger partial charge < -0.3 is 24.6 Å². The van der Waals surface area contributed by atoms with Gasteiger partial charge in [-0.15, -0.1) is 24.0 Å². The van der Waals surface area contributed by atoms with E-state index in [0.29, 0.717) is 18.8 Å². The molecule has 0 radical (unpaired) electrons. The number of hydrogen-bond donors (Lipinski definition) is 1. The van der Waals surface area contributed by atoms with Gasteiger partial charge >= 0.3 is 0 Å². The van der Waals surface area contributed by atoms with Gasteiger partial charge in [0, 0.05) is 45.0 Å². The van der Waals surface area contributed by atoms with Crippen molar-refractivity contribution in [3.63, 3.8) is 0 Å². The maximum atomic E-state index is 6.17. The molecule has 0 aromatic heterocycles. The van der Waals surface area contributed by atoms with E-state index in [1.54, 1.807) is 0 Å². The van der Waals surface area contributed by atoms with Crippen LogP contribution in [-0.2, 0) is 16.0 Å². The Labute approximate surface area is 210 Å². The highest BCUT2D eigenvalue weighted by Gasteiger charge is 2.23. The predicted molar refractivity (Wildman–Crippen MR) is 142 cm³/mol. The summed E-state index contributed by atoms with van der Waals surface area (Å²) in [4.78, 5) is 9.67. The molecule has 0 saturated carbocycles. The van der Waals surface area contributed by atoms with E-state index in [1.165, 1.54) is 24.1 Å². The van der Waals surface area contributed by atoms with Gasteiger partial charge in [-0.05, 0) is 56.7 Å². The Morgan fingerprint density at radius 2 is 1.84 bits per heavy atom. The molecule has 32 heavy (non-hydrogen) atoms. The number of anilines is 1. The van der Waals surface area contributed by atoms with Gasteiger partial charge in [0.05, 0.1) is 25.4 Å². The number of piperidine rings is 1. The van der Waals surface area contributed by atoms with E-state index >= 15 is 0 Å². The minimum absolute atomic E-state index is 0. The molecule has 1 N–H and O–H groups in total. The molecule has 1 aromatic rings. The SMILES string of the molecule is CCNC(=NCc1ccc(N2CC=CC2)cc1)N1CCC(OCC2CCCCO2)CC1.I. The number of guanidine groups is 1. The summed E-state index contributed by atoms with van der Waals surface area (Å²) >= 11 is 0. The third kappa shape index (κ3) is 7.35. The molecule has 0 spiro atoms. The van der Waals surface area contributed by atoms with Gasteiger partial charge in [0.1, 0.15) is 0 Å². The van der Waals surface area contributed by atoms with Crippen molar-refractivity contribution >= 4 is 35.6 Å². The van der Waals surface area contributed by atoms with Gasteiger partial charge in [0.25, 0.3) is 0 Å². The summed E-state index contributed by atoms with van der Waals surface area (Å²) in [6.45, 7) is 9.37. The Balaban J connectivity index is 0.00000289. The fourth-order valence-corrected chi connectivity index (χ4v) is 4.51. The highest BCUT2D eigenvalue weighted by Crippen LogP contribution is 2.20. The van der Waals surface area contributed by atoms with E-state index < -0.39 is 0 Å². The third-order valence-electron chi connectivity index (χ3n) is 6.40. The van der Waals surface area contributed by atoms with Gasteiger partial charge in [-0.2, -0.15) is 0 Å². The lowest BCUT2D eigenvalue weighted by atomic mass is 10.1. The Hall–Kier alpha value is -1.32. The van der Waals surface area contributed by atoms with Crippen LogP contribution in [0.3, 0.4) is 0 Å². The summed E-state index contributed by atoms with van der Waals surface area (Å²) in [6.07, 6.45) is 10.8. The molecule has 178 valence electrons. The van der Waals surface area contributed by atoms with Crippen LogP contribution in [0.25, 0.3) is 0 Å². The molecule has 2 fully saturated rings. The van der Waals surface area contributed by atoms with Crippen LogP contribution in [0.5, 0.6) is 0 Å². The van der Waals surface area contributed by atoms with Crippen LogP contribution in [0.1, 0.15) is 44.6 Å². The molecule has 0 aliphatic carbocycles. The first-order valence-corrected chi connectivity index (χ1v) is 12.1. The number of halogens is 1. The molecule has 3 aliphatic heterocycles. The van der Waals surface area contributed by atoms with Gasteiger partial charge in [-0.25, -0.2) is 4.99 Å². The minimum Gasteiger partial charge on any atom is -0.376 e. The third-order valence-corrected chi connectivity index (χ3v) is 6.40. The van der Waals surface area contributed by atoms with E-state index in [2.05, 4.69) is 58.5 Å². The quantitative estimate of drug-likeness (QED) is 0.237. The molecule has 6 nitrogen and oxygen atoms in total. The predicted octanol–water partition coefficient (Wildman–Crippen LogP) is 4.20. The number of nitrogens with zero attached hydrogens (tertiary/aromatic N) is 3. The van der Waals surface area contributed by atoms with E-state index in [-0.39, 0.29) is 24.0 Å². The number of aliphatic imine (C=N–C) groups is 1. The number of hydrogen-bond acceptors (Lipinski definition) is 4. The molecule has 4 rings (SSSR count). The van der Waals surface area contributed by atoms with Gasteiger partial charge in [0.2, 0.25) is 0 Å². The van der Waals surface area contributed by atoms with Crippen LogP contribution in [0.15, 0.2) is 41.4 Å². The molecule has 0 amide bonds. The molecular formula is C25H39IN4O2. The van der Waals surface area contributed by atoms with Gasteiger partial charge in [0.15, 0.2) is 5.96 Å². The highest BCUT2D eigenvalue weighted by molar-refractivity contribution is 14.0. The second-order valence-electron chi connectivity index (χ2n) is 8.72. The Morgan fingerprint density at radius 3 is 2.50 bits per heavy atom. The lowest BCUT2D eigenvalue weighted by Gasteiger charge is -2.35.